The van der Waals surface area contributed by atoms with Crippen molar-refractivity contribution in [1.29, 1.82) is 0 Å². The molecule has 0 saturated heterocycles. The maximum absolute atomic E-state index is 13.8. The molecule has 1 aliphatic heterocycles. The highest BCUT2D eigenvalue weighted by Gasteiger charge is 2.28. The van der Waals surface area contributed by atoms with Gasteiger partial charge >= 0.3 is 0 Å². The number of hydrogen-bond donors (Lipinski definition) is 1. The number of ether oxygens (including phenoxy) is 2. The quantitative estimate of drug-likeness (QED) is 0.915. The van der Waals surface area contributed by atoms with Crippen molar-refractivity contribution in [2.75, 3.05) is 7.11 Å². The first-order valence-electron chi connectivity index (χ1n) is 6.87. The van der Waals surface area contributed by atoms with Gasteiger partial charge in [0.1, 0.15) is 11.9 Å². The number of aryl methyl sites for hydroxylation is 1. The van der Waals surface area contributed by atoms with Gasteiger partial charge in [0.15, 0.2) is 11.6 Å². The van der Waals surface area contributed by atoms with Crippen molar-refractivity contribution >= 4 is 0 Å². The van der Waals surface area contributed by atoms with Crippen LogP contribution in [0.3, 0.4) is 0 Å². The molecule has 2 aromatic carbocycles. The number of fused-ring (bicyclic) bond motifs is 1. The van der Waals surface area contributed by atoms with Crippen LogP contribution in [0.5, 0.6) is 11.5 Å². The third kappa shape index (κ3) is 2.59. The van der Waals surface area contributed by atoms with Crippen LogP contribution < -0.4 is 9.47 Å². The molecule has 21 heavy (non-hydrogen) atoms. The molecule has 0 bridgehead atoms. The third-order valence-corrected chi connectivity index (χ3v) is 3.78. The second-order valence-corrected chi connectivity index (χ2v) is 5.29. The lowest BCUT2D eigenvalue weighted by Crippen LogP contribution is -2.19. The Balaban J connectivity index is 1.92. The minimum absolute atomic E-state index is 0.200. The Morgan fingerprint density at radius 2 is 2.05 bits per heavy atom. The number of aliphatic hydroxyl groups is 1. The van der Waals surface area contributed by atoms with Gasteiger partial charge in [-0.05, 0) is 36.8 Å². The van der Waals surface area contributed by atoms with Crippen LogP contribution in [0, 0.1) is 12.7 Å². The summed E-state index contributed by atoms with van der Waals surface area (Å²) >= 11 is 0. The average Bonchev–Trinajstić information content (AvgIpc) is 2.47. The van der Waals surface area contributed by atoms with E-state index in [9.17, 15) is 9.50 Å². The Labute approximate surface area is 122 Å². The molecule has 0 radical (unpaired) electrons. The molecule has 0 aliphatic carbocycles. The van der Waals surface area contributed by atoms with E-state index < -0.39 is 11.9 Å². The highest BCUT2D eigenvalue weighted by Crippen LogP contribution is 2.41. The van der Waals surface area contributed by atoms with Crippen molar-refractivity contribution in [3.63, 3.8) is 0 Å². The average molecular weight is 288 g/mol. The van der Waals surface area contributed by atoms with E-state index in [0.29, 0.717) is 17.7 Å². The van der Waals surface area contributed by atoms with Crippen LogP contribution in [0.2, 0.25) is 0 Å². The van der Waals surface area contributed by atoms with Gasteiger partial charge in [-0.3, -0.25) is 0 Å². The fourth-order valence-corrected chi connectivity index (χ4v) is 2.65. The van der Waals surface area contributed by atoms with Gasteiger partial charge in [0, 0.05) is 12.0 Å². The Kier molecular flexibility index (Phi) is 3.55. The van der Waals surface area contributed by atoms with Crippen LogP contribution in [0.4, 0.5) is 4.39 Å². The van der Waals surface area contributed by atoms with Crippen molar-refractivity contribution in [3.05, 3.63) is 58.9 Å². The van der Waals surface area contributed by atoms with E-state index in [0.717, 1.165) is 11.1 Å². The molecule has 1 heterocycles. The Hall–Kier alpha value is -2.07. The molecule has 3 nitrogen and oxygen atoms in total. The summed E-state index contributed by atoms with van der Waals surface area (Å²) in [6.45, 7) is 1.97. The highest BCUT2D eigenvalue weighted by molar-refractivity contribution is 5.41. The Morgan fingerprint density at radius 1 is 1.24 bits per heavy atom. The normalized spacial score (nSPS) is 20.6. The molecular formula is C17H17FO3. The van der Waals surface area contributed by atoms with Crippen LogP contribution >= 0.6 is 0 Å². The summed E-state index contributed by atoms with van der Waals surface area (Å²) in [7, 11) is 1.43. The predicted octanol–water partition coefficient (Wildman–Crippen LogP) is 3.70. The predicted molar refractivity (Wildman–Crippen MR) is 77.1 cm³/mol. The molecule has 1 aliphatic rings. The smallest absolute Gasteiger partial charge is 0.165 e. The molecule has 1 unspecified atom stereocenters. The topological polar surface area (TPSA) is 38.7 Å². The molecule has 110 valence electrons. The van der Waals surface area contributed by atoms with Crippen LogP contribution in [0.15, 0.2) is 36.4 Å². The molecule has 0 amide bonds. The first-order chi connectivity index (χ1) is 10.1. The molecule has 0 spiro atoms. The summed E-state index contributed by atoms with van der Waals surface area (Å²) in [6.07, 6.45) is -0.568. The number of rotatable bonds is 2. The number of benzene rings is 2. The van der Waals surface area contributed by atoms with Gasteiger partial charge in [0.25, 0.3) is 0 Å². The van der Waals surface area contributed by atoms with Crippen molar-refractivity contribution in [1.82, 2.24) is 0 Å². The minimum atomic E-state index is -0.608. The maximum Gasteiger partial charge on any atom is 0.165 e. The van der Waals surface area contributed by atoms with E-state index in [4.69, 9.17) is 9.47 Å². The molecule has 4 heteroatoms. The summed E-state index contributed by atoms with van der Waals surface area (Å²) in [5.74, 6) is 0.425. The fraction of sp³-hybridized carbons (Fsp3) is 0.294. The monoisotopic (exact) mass is 288 g/mol. The van der Waals surface area contributed by atoms with E-state index >= 15 is 0 Å². The third-order valence-electron chi connectivity index (χ3n) is 3.78. The maximum atomic E-state index is 13.8. The first kappa shape index (κ1) is 13.9. The molecule has 0 aromatic heterocycles. The molecule has 0 saturated carbocycles. The van der Waals surface area contributed by atoms with Gasteiger partial charge in [-0.25, -0.2) is 4.39 Å². The molecule has 1 N–H and O–H groups in total. The van der Waals surface area contributed by atoms with E-state index in [1.54, 1.807) is 12.1 Å². The highest BCUT2D eigenvalue weighted by atomic mass is 19.1. The Morgan fingerprint density at radius 3 is 2.76 bits per heavy atom. The second kappa shape index (κ2) is 5.37. The van der Waals surface area contributed by atoms with Gasteiger partial charge in [-0.1, -0.05) is 17.7 Å². The van der Waals surface area contributed by atoms with Crippen LogP contribution in [0.1, 0.15) is 35.3 Å². The molecule has 2 aromatic rings. The lowest BCUT2D eigenvalue weighted by Gasteiger charge is -2.30. The zero-order chi connectivity index (χ0) is 15.0. The lowest BCUT2D eigenvalue weighted by molar-refractivity contribution is 0.0655. The van der Waals surface area contributed by atoms with Gasteiger partial charge in [0.05, 0.1) is 13.2 Å². The zero-order valence-corrected chi connectivity index (χ0v) is 12.0. The van der Waals surface area contributed by atoms with Crippen LogP contribution in [-0.4, -0.2) is 12.2 Å². The summed E-state index contributed by atoms with van der Waals surface area (Å²) in [5, 5.41) is 10.3. The van der Waals surface area contributed by atoms with Gasteiger partial charge in [-0.2, -0.15) is 0 Å². The van der Waals surface area contributed by atoms with E-state index in [1.165, 1.54) is 13.2 Å². The lowest BCUT2D eigenvalue weighted by atomic mass is 9.94. The van der Waals surface area contributed by atoms with Crippen LogP contribution in [-0.2, 0) is 0 Å². The Bertz CT molecular complexity index is 669. The summed E-state index contributed by atoms with van der Waals surface area (Å²) < 4.78 is 24.6. The first-order valence-corrected chi connectivity index (χ1v) is 6.87. The number of hydrogen-bond acceptors (Lipinski definition) is 3. The van der Waals surface area contributed by atoms with E-state index in [-0.39, 0.29) is 11.9 Å². The molecular weight excluding hydrogens is 271 g/mol. The second-order valence-electron chi connectivity index (χ2n) is 5.29. The van der Waals surface area contributed by atoms with Crippen molar-refractivity contribution in [3.8, 4) is 11.5 Å². The van der Waals surface area contributed by atoms with E-state index in [2.05, 4.69) is 0 Å². The molecule has 2 atom stereocenters. The summed E-state index contributed by atoms with van der Waals surface area (Å²) in [6, 6.07) is 10.4. The molecule has 0 fully saturated rings. The van der Waals surface area contributed by atoms with E-state index in [1.807, 2.05) is 25.1 Å². The largest absolute Gasteiger partial charge is 0.494 e. The number of methoxy groups -OCH3 is 1. The fourth-order valence-electron chi connectivity index (χ4n) is 2.65. The summed E-state index contributed by atoms with van der Waals surface area (Å²) in [4.78, 5) is 0. The molecule has 3 rings (SSSR count). The van der Waals surface area contributed by atoms with Crippen LogP contribution in [0.25, 0.3) is 0 Å². The van der Waals surface area contributed by atoms with Gasteiger partial charge < -0.3 is 14.6 Å². The number of halogens is 1. The van der Waals surface area contributed by atoms with Gasteiger partial charge in [-0.15, -0.1) is 0 Å². The van der Waals surface area contributed by atoms with Crippen molar-refractivity contribution in [2.45, 2.75) is 25.6 Å². The standard InChI is InChI=1S/C17H17FO3/c1-10-3-5-15-12(7-10)14(19)9-17(21-15)11-4-6-16(20-2)13(18)8-11/h3-8,14,17,19H,9H2,1-2H3/t14-,17?/m1/s1. The van der Waals surface area contributed by atoms with Crippen molar-refractivity contribution in [2.24, 2.45) is 0 Å². The summed E-state index contributed by atoms with van der Waals surface area (Å²) in [5.41, 5.74) is 2.56. The minimum Gasteiger partial charge on any atom is -0.494 e. The van der Waals surface area contributed by atoms with Crippen molar-refractivity contribution < 1.29 is 19.0 Å². The van der Waals surface area contributed by atoms with Gasteiger partial charge in [0.2, 0.25) is 0 Å². The zero-order valence-electron chi connectivity index (χ0n) is 12.0. The SMILES string of the molecule is COc1ccc(C2C[C@@H](O)c3cc(C)ccc3O2)cc1F. The number of aliphatic hydroxyl groups excluding tert-OH is 1.